The van der Waals surface area contributed by atoms with Crippen LogP contribution >= 0.6 is 0 Å². The zero-order valence-corrected chi connectivity index (χ0v) is 37.1. The number of hydrogen-bond acceptors (Lipinski definition) is 9. The fourth-order valence-electron chi connectivity index (χ4n) is 10.5. The second-order valence-corrected chi connectivity index (χ2v) is 17.8. The number of aromatic carboxylic acids is 1. The SMILES string of the molecule is Cc1nn2c(c1-c1c(F)ccc3c(CCCOc4cccc5cc(F)ccc45)c(C(=O)O)n(CCN4CCN(C(=O)COc5cccc6c5CN(C5CCC(O)NC5=O)C6=O)CC4)c13)CCC2. The lowest BCUT2D eigenvalue weighted by Crippen LogP contribution is -2.54. The van der Waals surface area contributed by atoms with Crippen molar-refractivity contribution in [1.82, 2.24) is 34.4 Å². The van der Waals surface area contributed by atoms with Crippen LogP contribution in [0.1, 0.15) is 69.0 Å². The fraction of sp³-hybridized carbons (Fsp3) is 0.380. The Kier molecular flexibility index (Phi) is 11.9. The van der Waals surface area contributed by atoms with Crippen LogP contribution in [0, 0.1) is 18.6 Å². The number of carbonyl (C=O) groups excluding carboxylic acids is 3. The Bertz CT molecular complexity index is 2960. The van der Waals surface area contributed by atoms with Crippen LogP contribution in [0.2, 0.25) is 0 Å². The molecule has 2 fully saturated rings. The normalized spacial score (nSPS) is 18.4. The molecule has 0 saturated carbocycles. The molecule has 0 spiro atoms. The molecule has 4 aliphatic heterocycles. The Morgan fingerprint density at radius 2 is 1.69 bits per heavy atom. The molecule has 2 saturated heterocycles. The van der Waals surface area contributed by atoms with Gasteiger partial charge in [-0.1, -0.05) is 18.2 Å². The highest BCUT2D eigenvalue weighted by atomic mass is 19.1. The van der Waals surface area contributed by atoms with Crippen molar-refractivity contribution in [1.29, 1.82) is 0 Å². The first kappa shape index (κ1) is 44.0. The number of nitrogens with one attached hydrogen (secondary N) is 1. The molecule has 0 radical (unpaired) electrons. The van der Waals surface area contributed by atoms with Crippen molar-refractivity contribution in [2.24, 2.45) is 0 Å². The summed E-state index contributed by atoms with van der Waals surface area (Å²) in [6.45, 7) is 5.27. The van der Waals surface area contributed by atoms with E-state index in [0.717, 1.165) is 30.5 Å². The number of carboxylic acids is 1. The number of rotatable bonds is 14. The number of benzene rings is 4. The Labute approximate surface area is 384 Å². The number of amides is 3. The van der Waals surface area contributed by atoms with Crippen LogP contribution in [0.3, 0.4) is 0 Å². The van der Waals surface area contributed by atoms with Gasteiger partial charge in [-0.25, -0.2) is 13.6 Å². The molecule has 17 heteroatoms. The van der Waals surface area contributed by atoms with Crippen molar-refractivity contribution in [3.05, 3.63) is 112 Å². The van der Waals surface area contributed by atoms with Gasteiger partial charge in [0.15, 0.2) is 6.61 Å². The molecule has 3 N–H and O–H groups in total. The van der Waals surface area contributed by atoms with Crippen LogP contribution in [-0.4, -0.2) is 121 Å². The molecule has 4 aliphatic rings. The van der Waals surface area contributed by atoms with Crippen LogP contribution in [0.4, 0.5) is 8.78 Å². The van der Waals surface area contributed by atoms with Gasteiger partial charge in [-0.05, 0) is 105 Å². The minimum Gasteiger partial charge on any atom is -0.493 e. The van der Waals surface area contributed by atoms with Gasteiger partial charge in [-0.3, -0.25) is 24.0 Å². The van der Waals surface area contributed by atoms with E-state index >= 15 is 4.39 Å². The number of hydrogen-bond donors (Lipinski definition) is 3. The summed E-state index contributed by atoms with van der Waals surface area (Å²) in [6, 6.07) is 17.4. The molecule has 2 unspecified atom stereocenters. The average molecular weight is 916 g/mol. The van der Waals surface area contributed by atoms with Crippen molar-refractivity contribution in [2.45, 2.75) is 77.4 Å². The number of halogens is 2. The smallest absolute Gasteiger partial charge is 0.352 e. The molecule has 348 valence electrons. The summed E-state index contributed by atoms with van der Waals surface area (Å²) in [5.41, 5.74) is 4.88. The molecule has 0 bridgehead atoms. The highest BCUT2D eigenvalue weighted by Gasteiger charge is 2.40. The Balaban J connectivity index is 0.843. The lowest BCUT2D eigenvalue weighted by molar-refractivity contribution is -0.135. The third-order valence-electron chi connectivity index (χ3n) is 13.7. The summed E-state index contributed by atoms with van der Waals surface area (Å²) in [4.78, 5) is 58.2. The van der Waals surface area contributed by atoms with Crippen molar-refractivity contribution in [3.8, 4) is 22.6 Å². The standard InChI is InChI=1S/C50H51F2N7O8/c1-29-44(38-9-4-18-59(38)54-29)45-37(52)15-14-34-33(8-5-25-66-40-10-2-6-30-26-31(51)12-13-32(30)40)47(50(64)65)57(46(34)45)24-21-55-19-22-56(23-20-55)43(61)28-67-41-11-3-7-35-36(41)27-58(49(35)63)39-16-17-42(60)53-48(39)62/h2-3,6-7,10-15,26,39,42,60H,4-5,8-9,16-25,27-28H2,1H3,(H,53,62)(H,64,65). The van der Waals surface area contributed by atoms with Crippen molar-refractivity contribution in [3.63, 3.8) is 0 Å². The average Bonchev–Trinajstić information content (AvgIpc) is 4.07. The first-order chi connectivity index (χ1) is 32.4. The van der Waals surface area contributed by atoms with Gasteiger partial charge in [0.25, 0.3) is 11.8 Å². The van der Waals surface area contributed by atoms with E-state index in [0.29, 0.717) is 120 Å². The molecular formula is C50H51F2N7O8. The maximum absolute atomic E-state index is 16.4. The first-order valence-electron chi connectivity index (χ1n) is 22.9. The number of ether oxygens (including phenoxy) is 2. The Hall–Kier alpha value is -6.85. The Morgan fingerprint density at radius 1 is 0.896 bits per heavy atom. The third-order valence-corrected chi connectivity index (χ3v) is 13.7. The number of nitrogens with zero attached hydrogens (tertiary/aromatic N) is 6. The van der Waals surface area contributed by atoms with E-state index < -0.39 is 30.0 Å². The van der Waals surface area contributed by atoms with Crippen LogP contribution in [0.25, 0.3) is 32.8 Å². The summed E-state index contributed by atoms with van der Waals surface area (Å²) in [7, 11) is 0. The molecule has 6 heterocycles. The van der Waals surface area contributed by atoms with Gasteiger partial charge in [-0.2, -0.15) is 5.10 Å². The molecular weight excluding hydrogens is 865 g/mol. The van der Waals surface area contributed by atoms with Gasteiger partial charge in [0.05, 0.1) is 24.4 Å². The second-order valence-electron chi connectivity index (χ2n) is 17.8. The van der Waals surface area contributed by atoms with Gasteiger partial charge < -0.3 is 39.4 Å². The molecule has 10 rings (SSSR count). The van der Waals surface area contributed by atoms with E-state index in [4.69, 9.17) is 14.6 Å². The monoisotopic (exact) mass is 915 g/mol. The number of piperidine rings is 1. The molecule has 4 aromatic carbocycles. The van der Waals surface area contributed by atoms with Gasteiger partial charge in [-0.15, -0.1) is 0 Å². The molecule has 2 aromatic heterocycles. The minimum atomic E-state index is -1.12. The van der Waals surface area contributed by atoms with E-state index in [1.165, 1.54) is 23.1 Å². The van der Waals surface area contributed by atoms with E-state index in [-0.39, 0.29) is 49.6 Å². The summed E-state index contributed by atoms with van der Waals surface area (Å²) in [5, 5.41) is 30.1. The molecule has 0 aliphatic carbocycles. The lowest BCUT2D eigenvalue weighted by Gasteiger charge is -2.35. The summed E-state index contributed by atoms with van der Waals surface area (Å²) < 4.78 is 46.3. The fourth-order valence-corrected chi connectivity index (χ4v) is 10.5. The molecule has 3 amide bonds. The maximum atomic E-state index is 16.4. The molecule has 2 atom stereocenters. The highest BCUT2D eigenvalue weighted by molar-refractivity contribution is 6.05. The minimum absolute atomic E-state index is 0.0907. The number of carbonyl (C=O) groups is 4. The van der Waals surface area contributed by atoms with Crippen LogP contribution in [0.5, 0.6) is 11.5 Å². The molecule has 67 heavy (non-hydrogen) atoms. The molecule has 15 nitrogen and oxygen atoms in total. The van der Waals surface area contributed by atoms with Crippen LogP contribution in [-0.2, 0) is 42.1 Å². The topological polar surface area (TPSA) is 172 Å². The Morgan fingerprint density at radius 3 is 2.49 bits per heavy atom. The summed E-state index contributed by atoms with van der Waals surface area (Å²) in [5.74, 6) is -1.86. The van der Waals surface area contributed by atoms with Crippen LogP contribution < -0.4 is 14.8 Å². The lowest BCUT2D eigenvalue weighted by atomic mass is 9.97. The second kappa shape index (κ2) is 18.1. The number of aryl methyl sites for hydroxylation is 3. The van der Waals surface area contributed by atoms with Crippen molar-refractivity contribution < 1.29 is 47.6 Å². The predicted octanol–water partition coefficient (Wildman–Crippen LogP) is 5.68. The summed E-state index contributed by atoms with van der Waals surface area (Å²) in [6.07, 6.45) is 2.14. The molecule has 6 aromatic rings. The largest absolute Gasteiger partial charge is 0.493 e. The van der Waals surface area contributed by atoms with Crippen LogP contribution in [0.15, 0.2) is 66.7 Å². The number of aromatic nitrogens is 3. The van der Waals surface area contributed by atoms with E-state index in [1.54, 1.807) is 45.9 Å². The van der Waals surface area contributed by atoms with E-state index in [2.05, 4.69) is 10.2 Å². The zero-order valence-electron chi connectivity index (χ0n) is 37.1. The van der Waals surface area contributed by atoms with Gasteiger partial charge in [0, 0.05) is 84.5 Å². The number of fused-ring (bicyclic) bond motifs is 4. The number of carboxylic acid groups (broad SMARTS) is 1. The first-order valence-corrected chi connectivity index (χ1v) is 22.9. The van der Waals surface area contributed by atoms with Crippen molar-refractivity contribution >= 4 is 45.4 Å². The summed E-state index contributed by atoms with van der Waals surface area (Å²) >= 11 is 0. The van der Waals surface area contributed by atoms with E-state index in [1.807, 2.05) is 23.7 Å². The third kappa shape index (κ3) is 8.24. The number of aliphatic hydroxyl groups is 1. The number of aliphatic hydroxyl groups excluding tert-OH is 1. The van der Waals surface area contributed by atoms with Gasteiger partial charge in [0.1, 0.15) is 41.1 Å². The van der Waals surface area contributed by atoms with E-state index in [9.17, 15) is 33.8 Å². The zero-order chi connectivity index (χ0) is 46.5. The highest BCUT2D eigenvalue weighted by Crippen LogP contribution is 2.42. The number of piperazine rings is 1. The van der Waals surface area contributed by atoms with Gasteiger partial charge in [0.2, 0.25) is 5.91 Å². The van der Waals surface area contributed by atoms with Crippen molar-refractivity contribution in [2.75, 3.05) is 45.9 Å². The maximum Gasteiger partial charge on any atom is 0.352 e. The predicted molar refractivity (Wildman–Crippen MR) is 243 cm³/mol. The van der Waals surface area contributed by atoms with Gasteiger partial charge >= 0.3 is 5.97 Å². The quantitative estimate of drug-likeness (QED) is 0.116.